The lowest BCUT2D eigenvalue weighted by atomic mass is 9.46. The van der Waals surface area contributed by atoms with Crippen molar-refractivity contribution in [2.45, 2.75) is 23.6 Å². The fourth-order valence-electron chi connectivity index (χ4n) is 6.42. The fraction of sp³-hybridized carbons (Fsp3) is 0.0625. The molecule has 0 saturated heterocycles. The van der Waals surface area contributed by atoms with Gasteiger partial charge in [0.25, 0.3) is 0 Å². The van der Waals surface area contributed by atoms with Crippen molar-refractivity contribution in [1.82, 2.24) is 4.57 Å². The summed E-state index contributed by atoms with van der Waals surface area (Å²) in [6.07, 6.45) is 0. The predicted octanol–water partition coefficient (Wildman–Crippen LogP) is 7.12. The molecule has 36 heavy (non-hydrogen) atoms. The summed E-state index contributed by atoms with van der Waals surface area (Å²) in [5.74, 6) is 0. The van der Waals surface area contributed by atoms with Gasteiger partial charge in [-0.3, -0.25) is 0 Å². The predicted molar refractivity (Wildman–Crippen MR) is 154 cm³/mol. The second-order valence-electron chi connectivity index (χ2n) is 9.87. The second kappa shape index (κ2) is 7.31. The van der Waals surface area contributed by atoms with Crippen LogP contribution in [0.5, 0.6) is 0 Å². The van der Waals surface area contributed by atoms with Gasteiger partial charge in [0.1, 0.15) is 0 Å². The molecule has 0 unspecified atom stereocenters. The highest BCUT2D eigenvalue weighted by Crippen LogP contribution is 2.51. The Bertz CT molecular complexity index is 1820. The summed E-state index contributed by atoms with van der Waals surface area (Å²) < 4.78 is 2.49. The number of anilines is 2. The first kappa shape index (κ1) is 20.3. The lowest BCUT2D eigenvalue weighted by Crippen LogP contribution is -2.59. The normalized spacial score (nSPS) is 13.6. The molecular formula is C32H23BN2S. The quantitative estimate of drug-likeness (QED) is 0.233. The molecule has 0 N–H and O–H groups in total. The van der Waals surface area contributed by atoms with E-state index in [2.05, 4.69) is 126 Å². The summed E-state index contributed by atoms with van der Waals surface area (Å²) in [6, 6.07) is 38.1. The zero-order valence-electron chi connectivity index (χ0n) is 20.2. The maximum atomic E-state index is 2.64. The maximum Gasteiger partial charge on any atom is 0.332 e. The van der Waals surface area contributed by atoms with Gasteiger partial charge in [-0.05, 0) is 60.2 Å². The van der Waals surface area contributed by atoms with E-state index in [1.807, 2.05) is 11.8 Å². The first-order valence-electron chi connectivity index (χ1n) is 12.5. The monoisotopic (exact) mass is 478 g/mol. The Balaban J connectivity index is 1.55. The van der Waals surface area contributed by atoms with Crippen molar-refractivity contribution in [3.8, 4) is 5.69 Å². The van der Waals surface area contributed by atoms with Crippen LogP contribution in [0.3, 0.4) is 0 Å². The van der Waals surface area contributed by atoms with Gasteiger partial charge in [0, 0.05) is 37.6 Å². The standard InChI is InChI=1S/C32H23BN2S/c1-20-10-7-18-28-30(20)35(31-21(2)11-8-19-29(31)36-28)33-24-14-4-6-17-27(24)34-26-16-5-3-12-22(26)23-13-9-15-25(33)32(23)34/h3-19H,1-2H3. The third-order valence-electron chi connectivity index (χ3n) is 7.85. The van der Waals surface area contributed by atoms with Gasteiger partial charge < -0.3 is 9.38 Å². The number of hydrogen-bond donors (Lipinski definition) is 0. The number of rotatable bonds is 1. The van der Waals surface area contributed by atoms with E-state index >= 15 is 0 Å². The number of aromatic nitrogens is 1. The average Bonchev–Trinajstić information content (AvgIpc) is 3.24. The van der Waals surface area contributed by atoms with Crippen molar-refractivity contribution in [2.24, 2.45) is 0 Å². The molecule has 4 heteroatoms. The van der Waals surface area contributed by atoms with Crippen molar-refractivity contribution in [1.29, 1.82) is 0 Å². The third-order valence-corrected chi connectivity index (χ3v) is 8.95. The van der Waals surface area contributed by atoms with E-state index in [0.29, 0.717) is 0 Å². The second-order valence-corrected chi connectivity index (χ2v) is 11.0. The molecule has 6 aromatic rings. The van der Waals surface area contributed by atoms with Gasteiger partial charge in [0.05, 0.1) is 11.0 Å². The van der Waals surface area contributed by atoms with Crippen molar-refractivity contribution in [2.75, 3.05) is 4.81 Å². The van der Waals surface area contributed by atoms with Crippen molar-refractivity contribution < 1.29 is 0 Å². The minimum absolute atomic E-state index is 0.0716. The molecule has 2 aliphatic rings. The van der Waals surface area contributed by atoms with Gasteiger partial charge in [0.15, 0.2) is 0 Å². The molecule has 2 aliphatic heterocycles. The number of nitrogens with zero attached hydrogens (tertiary/aromatic N) is 2. The zero-order valence-corrected chi connectivity index (χ0v) is 21.0. The zero-order chi connectivity index (χ0) is 24.0. The molecule has 8 rings (SSSR count). The molecule has 5 aromatic carbocycles. The molecule has 2 nitrogen and oxygen atoms in total. The van der Waals surface area contributed by atoms with Crippen LogP contribution in [0, 0.1) is 13.8 Å². The molecule has 0 saturated carbocycles. The van der Waals surface area contributed by atoms with Crippen LogP contribution in [0.25, 0.3) is 27.5 Å². The van der Waals surface area contributed by atoms with E-state index in [0.717, 1.165) is 0 Å². The highest BCUT2D eigenvalue weighted by Gasteiger charge is 2.41. The molecule has 170 valence electrons. The first-order chi connectivity index (χ1) is 17.7. The Hall–Kier alpha value is -3.89. The highest BCUT2D eigenvalue weighted by atomic mass is 32.2. The first-order valence-corrected chi connectivity index (χ1v) is 13.3. The number of hydrogen-bond acceptors (Lipinski definition) is 2. The molecule has 0 amide bonds. The summed E-state index contributed by atoms with van der Waals surface area (Å²) in [4.78, 5) is 5.29. The SMILES string of the molecule is Cc1cccc2c1N(B1c3ccccc3-n3c4ccccc4c4cccc1c43)c1c(C)cccc1S2. The summed E-state index contributed by atoms with van der Waals surface area (Å²) in [6.45, 7) is 4.58. The van der Waals surface area contributed by atoms with Crippen molar-refractivity contribution >= 4 is 62.7 Å². The van der Waals surface area contributed by atoms with Gasteiger partial charge in [-0.15, -0.1) is 0 Å². The van der Waals surface area contributed by atoms with Gasteiger partial charge in [-0.1, -0.05) is 90.6 Å². The van der Waals surface area contributed by atoms with Crippen LogP contribution in [0.2, 0.25) is 0 Å². The van der Waals surface area contributed by atoms with Crippen LogP contribution in [-0.4, -0.2) is 11.4 Å². The van der Waals surface area contributed by atoms with E-state index in [1.165, 1.54) is 70.7 Å². The largest absolute Gasteiger partial charge is 0.375 e. The highest BCUT2D eigenvalue weighted by molar-refractivity contribution is 7.99. The molecule has 1 aromatic heterocycles. The summed E-state index contributed by atoms with van der Waals surface area (Å²) in [5, 5.41) is 2.64. The number of benzene rings is 5. The summed E-state index contributed by atoms with van der Waals surface area (Å²) in [7, 11) is 0. The summed E-state index contributed by atoms with van der Waals surface area (Å²) >= 11 is 1.89. The Kier molecular flexibility index (Phi) is 4.13. The molecule has 0 radical (unpaired) electrons. The maximum absolute atomic E-state index is 2.64. The molecule has 3 heterocycles. The van der Waals surface area contributed by atoms with Gasteiger partial charge in [0.2, 0.25) is 0 Å². The molecule has 0 atom stereocenters. The topological polar surface area (TPSA) is 8.17 Å². The van der Waals surface area contributed by atoms with Crippen LogP contribution in [-0.2, 0) is 0 Å². The van der Waals surface area contributed by atoms with E-state index < -0.39 is 0 Å². The minimum Gasteiger partial charge on any atom is -0.375 e. The van der Waals surface area contributed by atoms with E-state index in [4.69, 9.17) is 0 Å². The molecular weight excluding hydrogens is 455 g/mol. The Labute approximate surface area is 215 Å². The van der Waals surface area contributed by atoms with Crippen LogP contribution in [0.4, 0.5) is 11.4 Å². The smallest absolute Gasteiger partial charge is 0.332 e. The van der Waals surface area contributed by atoms with Crippen molar-refractivity contribution in [3.05, 3.63) is 114 Å². The van der Waals surface area contributed by atoms with Crippen LogP contribution < -0.4 is 15.7 Å². The Morgan fingerprint density at radius 3 is 1.97 bits per heavy atom. The number of para-hydroxylation sites is 5. The average molecular weight is 478 g/mol. The lowest BCUT2D eigenvalue weighted by molar-refractivity contribution is 1.15. The van der Waals surface area contributed by atoms with E-state index in [9.17, 15) is 0 Å². The fourth-order valence-corrected chi connectivity index (χ4v) is 7.66. The molecule has 0 fully saturated rings. The van der Waals surface area contributed by atoms with Gasteiger partial charge in [-0.2, -0.15) is 0 Å². The third kappa shape index (κ3) is 2.55. The van der Waals surface area contributed by atoms with E-state index in [-0.39, 0.29) is 6.85 Å². The molecule has 0 spiro atoms. The Morgan fingerprint density at radius 2 is 1.19 bits per heavy atom. The lowest BCUT2D eigenvalue weighted by Gasteiger charge is -2.42. The van der Waals surface area contributed by atoms with Crippen LogP contribution >= 0.6 is 11.8 Å². The Morgan fingerprint density at radius 1 is 0.583 bits per heavy atom. The van der Waals surface area contributed by atoms with Crippen molar-refractivity contribution in [3.63, 3.8) is 0 Å². The van der Waals surface area contributed by atoms with Gasteiger partial charge >= 0.3 is 6.85 Å². The minimum atomic E-state index is 0.0716. The number of fused-ring (bicyclic) bond motifs is 7. The molecule has 0 aliphatic carbocycles. The van der Waals surface area contributed by atoms with Gasteiger partial charge in [-0.25, -0.2) is 0 Å². The molecule has 0 bridgehead atoms. The number of aryl methyl sites for hydroxylation is 2. The summed E-state index contributed by atoms with van der Waals surface area (Å²) in [5.41, 5.74) is 11.8. The van der Waals surface area contributed by atoms with Crippen LogP contribution in [0.15, 0.2) is 113 Å². The van der Waals surface area contributed by atoms with E-state index in [1.54, 1.807) is 0 Å². The van der Waals surface area contributed by atoms with Crippen LogP contribution in [0.1, 0.15) is 11.1 Å².